The minimum atomic E-state index is -2.45. The summed E-state index contributed by atoms with van der Waals surface area (Å²) >= 11 is 3.66. The Bertz CT molecular complexity index is 1730. The van der Waals surface area contributed by atoms with Gasteiger partial charge in [-0.25, -0.2) is 0 Å². The number of unbranched alkanes of at least 4 members (excludes halogenated alkanes) is 2. The Morgan fingerprint density at radius 1 is 0.630 bits per heavy atom. The Hall–Kier alpha value is 0.137. The summed E-state index contributed by atoms with van der Waals surface area (Å²) in [5.41, 5.74) is 3.14. The number of rotatable bonds is 16. The fourth-order valence-corrected chi connectivity index (χ4v) is 23.8. The van der Waals surface area contributed by atoms with E-state index in [0.717, 1.165) is 11.8 Å². The Morgan fingerprint density at radius 2 is 1.17 bits per heavy atom. The molecule has 46 heavy (non-hydrogen) atoms. The van der Waals surface area contributed by atoms with Crippen LogP contribution in [-0.2, 0) is 12.8 Å². The summed E-state index contributed by atoms with van der Waals surface area (Å²) in [7, 11) is 0. The van der Waals surface area contributed by atoms with Gasteiger partial charge in [-0.2, -0.15) is 0 Å². The van der Waals surface area contributed by atoms with E-state index in [1.165, 1.54) is 74.0 Å². The van der Waals surface area contributed by atoms with Crippen molar-refractivity contribution < 1.29 is 0 Å². The number of hydrogen-bond donors (Lipinski definition) is 0. The second-order valence-electron chi connectivity index (χ2n) is 15.7. The third kappa shape index (κ3) is 8.36. The third-order valence-corrected chi connectivity index (χ3v) is 30.1. The summed E-state index contributed by atoms with van der Waals surface area (Å²) in [6, 6.07) is 12.6. The van der Waals surface area contributed by atoms with Crippen molar-refractivity contribution in [3.63, 3.8) is 0 Å². The topological polar surface area (TPSA) is 0 Å². The fourth-order valence-electron chi connectivity index (χ4n) is 6.89. The van der Waals surface area contributed by atoms with E-state index >= 15 is 0 Å². The second kappa shape index (κ2) is 16.0. The maximum atomic E-state index is 2.68. The first-order chi connectivity index (χ1) is 21.9. The molecule has 0 aliphatic rings. The molecule has 0 bridgehead atoms. The molecular weight excluding hydrogens is 846 g/mol. The number of benzene rings is 1. The standard InChI is InChI=1S/C34H40S4.6CH3.2Sn/c1-5-9-11-23(7-3)21-25-13-15-29(37-25)31-27-17-19-36-34(27)32(28-18-20-35-33(28)31)30-16-14-26(38-30)22-24(8-4)12-10-6-2;;;;;;;;/h13-17,20,23-24H,5-12,21-22H2,1-4H3;6*1H3;;. The van der Waals surface area contributed by atoms with Crippen LogP contribution >= 0.6 is 45.3 Å². The molecule has 0 saturated carbocycles. The molecule has 0 radical (unpaired) electrons. The molecule has 6 heteroatoms. The third-order valence-electron chi connectivity index (χ3n) is 9.93. The first kappa shape index (κ1) is 37.4. The molecule has 0 aliphatic carbocycles. The van der Waals surface area contributed by atoms with Crippen molar-refractivity contribution >= 4 is 109 Å². The van der Waals surface area contributed by atoms with Crippen LogP contribution in [0.1, 0.15) is 88.8 Å². The van der Waals surface area contributed by atoms with Gasteiger partial charge in [0.1, 0.15) is 0 Å². The Kier molecular flexibility index (Phi) is 13.0. The molecule has 4 heterocycles. The van der Waals surface area contributed by atoms with Crippen molar-refractivity contribution in [2.75, 3.05) is 0 Å². The van der Waals surface area contributed by atoms with Gasteiger partial charge in [0, 0.05) is 0 Å². The number of thiophene rings is 4. The first-order valence-corrected chi connectivity index (χ1v) is 41.4. The molecule has 2 unspecified atom stereocenters. The van der Waals surface area contributed by atoms with Crippen molar-refractivity contribution in [2.24, 2.45) is 11.8 Å². The molecule has 5 aromatic rings. The van der Waals surface area contributed by atoms with Crippen LogP contribution in [-0.4, -0.2) is 36.8 Å². The summed E-state index contributed by atoms with van der Waals surface area (Å²) in [4.78, 5) is 21.9. The molecule has 0 saturated heterocycles. The quantitative estimate of drug-likeness (QED) is 0.0866. The number of fused-ring (bicyclic) bond motifs is 2. The van der Waals surface area contributed by atoms with Crippen LogP contribution in [0.25, 0.3) is 41.1 Å². The van der Waals surface area contributed by atoms with Crippen LogP contribution in [0.2, 0.25) is 29.6 Å². The van der Waals surface area contributed by atoms with E-state index in [1.54, 1.807) is 47.5 Å². The molecule has 2 atom stereocenters. The van der Waals surface area contributed by atoms with E-state index in [2.05, 4.69) is 138 Å². The molecule has 250 valence electrons. The van der Waals surface area contributed by atoms with Crippen molar-refractivity contribution in [1.82, 2.24) is 0 Å². The Morgan fingerprint density at radius 3 is 1.65 bits per heavy atom. The molecular formula is C40H58S4Sn2. The monoisotopic (exact) mass is 906 g/mol. The predicted octanol–water partition coefficient (Wildman–Crippen LogP) is 14.2. The van der Waals surface area contributed by atoms with Gasteiger partial charge >= 0.3 is 302 Å². The minimum absolute atomic E-state index is 0.807. The molecule has 0 nitrogen and oxygen atoms in total. The molecule has 5 rings (SSSR count). The molecule has 0 aliphatic heterocycles. The van der Waals surface area contributed by atoms with Crippen molar-refractivity contribution in [3.8, 4) is 20.9 Å². The van der Waals surface area contributed by atoms with Gasteiger partial charge in [-0.3, -0.25) is 0 Å². The first-order valence-electron chi connectivity index (χ1n) is 18.1. The van der Waals surface area contributed by atoms with Gasteiger partial charge in [0.25, 0.3) is 0 Å². The SMILES string of the molecule is CCCCC(CC)Cc1ccc(-c2c3c[c]([Sn]([CH3])([CH3])[CH3])sc3c(-c3ccc(CC(CC)CCCC)s3)c3[c]([Sn]([CH3])([CH3])[CH3])csc23)s1. The van der Waals surface area contributed by atoms with Crippen LogP contribution in [0.4, 0.5) is 0 Å². The number of hydrogen-bond acceptors (Lipinski definition) is 4. The van der Waals surface area contributed by atoms with E-state index in [4.69, 9.17) is 0 Å². The zero-order chi connectivity index (χ0) is 33.2. The van der Waals surface area contributed by atoms with Crippen LogP contribution < -0.4 is 6.47 Å². The zero-order valence-corrected chi connectivity index (χ0v) is 39.3. The van der Waals surface area contributed by atoms with Crippen molar-refractivity contribution in [1.29, 1.82) is 0 Å². The van der Waals surface area contributed by atoms with Crippen LogP contribution in [0.15, 0.2) is 35.7 Å². The molecule has 1 aromatic carbocycles. The average molecular weight is 905 g/mol. The van der Waals surface area contributed by atoms with E-state index in [1.807, 2.05) is 0 Å². The Balaban J connectivity index is 1.73. The van der Waals surface area contributed by atoms with Crippen LogP contribution in [0, 0.1) is 11.8 Å². The van der Waals surface area contributed by atoms with Crippen LogP contribution in [0.3, 0.4) is 0 Å². The fraction of sp³-hybridized carbons (Fsp3) is 0.550. The Labute approximate surface area is 305 Å². The maximum absolute atomic E-state index is 2.68. The van der Waals surface area contributed by atoms with Gasteiger partial charge in [0.05, 0.1) is 0 Å². The molecule has 0 fully saturated rings. The van der Waals surface area contributed by atoms with E-state index in [-0.39, 0.29) is 0 Å². The van der Waals surface area contributed by atoms with Gasteiger partial charge in [-0.1, -0.05) is 6.92 Å². The summed E-state index contributed by atoms with van der Waals surface area (Å²) < 4.78 is 6.59. The van der Waals surface area contributed by atoms with E-state index in [9.17, 15) is 0 Å². The van der Waals surface area contributed by atoms with Gasteiger partial charge in [0.15, 0.2) is 0 Å². The van der Waals surface area contributed by atoms with Gasteiger partial charge in [-0.05, 0) is 0 Å². The zero-order valence-electron chi connectivity index (χ0n) is 30.3. The van der Waals surface area contributed by atoms with E-state index in [0.29, 0.717) is 0 Å². The molecule has 4 aromatic heterocycles. The van der Waals surface area contributed by atoms with Crippen molar-refractivity contribution in [3.05, 3.63) is 45.5 Å². The van der Waals surface area contributed by atoms with Gasteiger partial charge < -0.3 is 0 Å². The summed E-state index contributed by atoms with van der Waals surface area (Å²) in [5.74, 6) is 1.61. The average Bonchev–Trinajstić information content (AvgIpc) is 3.81. The van der Waals surface area contributed by atoms with Crippen molar-refractivity contribution in [2.45, 2.75) is 122 Å². The van der Waals surface area contributed by atoms with E-state index < -0.39 is 36.8 Å². The normalized spacial score (nSPS) is 14.1. The van der Waals surface area contributed by atoms with Crippen LogP contribution in [0.5, 0.6) is 0 Å². The molecule has 0 N–H and O–H groups in total. The molecule has 0 spiro atoms. The van der Waals surface area contributed by atoms with Gasteiger partial charge in [0.2, 0.25) is 0 Å². The summed E-state index contributed by atoms with van der Waals surface area (Å²) in [6.07, 6.45) is 13.1. The summed E-state index contributed by atoms with van der Waals surface area (Å²) in [5, 5.41) is 5.77. The predicted molar refractivity (Wildman–Crippen MR) is 224 cm³/mol. The summed E-state index contributed by atoms with van der Waals surface area (Å²) in [6.45, 7) is 9.44. The van der Waals surface area contributed by atoms with Gasteiger partial charge in [-0.15, -0.1) is 0 Å². The second-order valence-corrected chi connectivity index (χ2v) is 49.8. The molecule has 0 amide bonds.